The Morgan fingerprint density at radius 1 is 1.00 bits per heavy atom. The number of aliphatic carboxylic acids is 1. The summed E-state index contributed by atoms with van der Waals surface area (Å²) in [4.78, 5) is 12.0. The highest BCUT2D eigenvalue weighted by atomic mass is 16.5. The zero-order valence-corrected chi connectivity index (χ0v) is 14.1. The molecule has 0 bridgehead atoms. The summed E-state index contributed by atoms with van der Waals surface area (Å²) in [5, 5.41) is 9.85. The molecule has 2 aromatic carbocycles. The van der Waals surface area contributed by atoms with Crippen molar-refractivity contribution in [2.75, 3.05) is 7.11 Å². The first-order chi connectivity index (χ1) is 11.0. The number of hydrogen-bond acceptors (Lipinski definition) is 2. The predicted octanol–water partition coefficient (Wildman–Crippen LogP) is 4.79. The average Bonchev–Trinajstić information content (AvgIpc) is 2.55. The topological polar surface area (TPSA) is 46.5 Å². The van der Waals surface area contributed by atoms with E-state index >= 15 is 0 Å². The van der Waals surface area contributed by atoms with Crippen molar-refractivity contribution in [1.82, 2.24) is 0 Å². The molecule has 0 aliphatic rings. The number of carbonyl (C=O) groups is 1. The van der Waals surface area contributed by atoms with Gasteiger partial charge >= 0.3 is 5.97 Å². The summed E-state index contributed by atoms with van der Waals surface area (Å²) in [6.45, 7) is 6.15. The van der Waals surface area contributed by atoms with Crippen molar-refractivity contribution in [2.45, 2.75) is 38.5 Å². The molecule has 0 heterocycles. The van der Waals surface area contributed by atoms with Gasteiger partial charge in [0.05, 0.1) is 13.0 Å². The van der Waals surface area contributed by atoms with E-state index < -0.39 is 11.9 Å². The summed E-state index contributed by atoms with van der Waals surface area (Å²) in [6.07, 6.45) is 0. The number of benzene rings is 2. The minimum atomic E-state index is -0.833. The fourth-order valence-electron chi connectivity index (χ4n) is 2.92. The van der Waals surface area contributed by atoms with E-state index in [2.05, 4.69) is 13.8 Å². The number of hydrogen-bond donors (Lipinski definition) is 1. The lowest BCUT2D eigenvalue weighted by Crippen LogP contribution is -2.19. The van der Waals surface area contributed by atoms with Gasteiger partial charge in [0.25, 0.3) is 0 Å². The van der Waals surface area contributed by atoms with Gasteiger partial charge in [0.1, 0.15) is 5.75 Å². The van der Waals surface area contributed by atoms with Crippen LogP contribution in [0, 0.1) is 0 Å². The number of ether oxygens (including phenoxy) is 1. The molecule has 2 unspecified atom stereocenters. The number of methoxy groups -OCH3 is 1. The maximum absolute atomic E-state index is 12.0. The molecule has 122 valence electrons. The molecule has 1 N–H and O–H groups in total. The van der Waals surface area contributed by atoms with Gasteiger partial charge in [-0.2, -0.15) is 0 Å². The SMILES string of the molecule is COc1ccc(C(C)C)cc1C(C(=O)O)C(C)c1ccccc1. The molecule has 0 saturated heterocycles. The van der Waals surface area contributed by atoms with Gasteiger partial charge in [-0.05, 0) is 29.0 Å². The van der Waals surface area contributed by atoms with Gasteiger partial charge in [0.2, 0.25) is 0 Å². The number of carboxylic acid groups (broad SMARTS) is 1. The summed E-state index contributed by atoms with van der Waals surface area (Å²) in [5.41, 5.74) is 2.87. The highest BCUT2D eigenvalue weighted by Crippen LogP contribution is 2.39. The van der Waals surface area contributed by atoms with Crippen LogP contribution < -0.4 is 4.74 Å². The van der Waals surface area contributed by atoms with Crippen molar-refractivity contribution in [3.8, 4) is 5.75 Å². The standard InChI is InChI=1S/C20H24O3/c1-13(2)16-10-11-18(23-4)17(12-16)19(20(21)22)14(3)15-8-6-5-7-9-15/h5-14,19H,1-4H3,(H,21,22). The van der Waals surface area contributed by atoms with Crippen LogP contribution in [0.4, 0.5) is 0 Å². The third-order valence-electron chi connectivity index (χ3n) is 4.35. The van der Waals surface area contributed by atoms with E-state index in [0.29, 0.717) is 11.7 Å². The van der Waals surface area contributed by atoms with Gasteiger partial charge in [0.15, 0.2) is 0 Å². The van der Waals surface area contributed by atoms with E-state index in [1.165, 1.54) is 0 Å². The van der Waals surface area contributed by atoms with Crippen molar-refractivity contribution in [3.63, 3.8) is 0 Å². The lowest BCUT2D eigenvalue weighted by Gasteiger charge is -2.24. The van der Waals surface area contributed by atoms with Crippen molar-refractivity contribution in [1.29, 1.82) is 0 Å². The summed E-state index contributed by atoms with van der Waals surface area (Å²) in [6, 6.07) is 15.6. The summed E-state index contributed by atoms with van der Waals surface area (Å²) in [7, 11) is 1.58. The van der Waals surface area contributed by atoms with E-state index in [9.17, 15) is 9.90 Å². The average molecular weight is 312 g/mol. The first-order valence-corrected chi connectivity index (χ1v) is 7.91. The third-order valence-corrected chi connectivity index (χ3v) is 4.35. The van der Waals surface area contributed by atoms with E-state index in [4.69, 9.17) is 4.74 Å². The van der Waals surface area contributed by atoms with E-state index in [-0.39, 0.29) is 5.92 Å². The quantitative estimate of drug-likeness (QED) is 0.834. The van der Waals surface area contributed by atoms with Crippen LogP contribution in [0.15, 0.2) is 48.5 Å². The largest absolute Gasteiger partial charge is 0.496 e. The van der Waals surface area contributed by atoms with Crippen LogP contribution in [-0.4, -0.2) is 18.2 Å². The smallest absolute Gasteiger partial charge is 0.311 e. The summed E-state index contributed by atoms with van der Waals surface area (Å²) >= 11 is 0. The van der Waals surface area contributed by atoms with Crippen LogP contribution in [0.2, 0.25) is 0 Å². The zero-order valence-electron chi connectivity index (χ0n) is 14.1. The van der Waals surface area contributed by atoms with Crippen molar-refractivity contribution in [2.24, 2.45) is 0 Å². The highest BCUT2D eigenvalue weighted by Gasteiger charge is 2.30. The fourth-order valence-corrected chi connectivity index (χ4v) is 2.92. The Bertz CT molecular complexity index is 662. The third kappa shape index (κ3) is 3.73. The number of rotatable bonds is 6. The molecule has 0 aliphatic carbocycles. The molecule has 0 aromatic heterocycles. The second-order valence-electron chi connectivity index (χ2n) is 6.17. The highest BCUT2D eigenvalue weighted by molar-refractivity contribution is 5.79. The molecule has 23 heavy (non-hydrogen) atoms. The Labute approximate surface area is 137 Å². The zero-order chi connectivity index (χ0) is 17.0. The minimum absolute atomic E-state index is 0.148. The van der Waals surface area contributed by atoms with E-state index in [0.717, 1.165) is 16.7 Å². The van der Waals surface area contributed by atoms with Crippen LogP contribution >= 0.6 is 0 Å². The second-order valence-corrected chi connectivity index (χ2v) is 6.17. The van der Waals surface area contributed by atoms with Crippen molar-refractivity contribution >= 4 is 5.97 Å². The molecule has 3 heteroatoms. The second kappa shape index (κ2) is 7.32. The van der Waals surface area contributed by atoms with E-state index in [1.807, 2.05) is 55.5 Å². The van der Waals surface area contributed by atoms with Crippen LogP contribution in [0.25, 0.3) is 0 Å². The van der Waals surface area contributed by atoms with Gasteiger partial charge in [-0.25, -0.2) is 0 Å². The van der Waals surface area contributed by atoms with Crippen LogP contribution in [-0.2, 0) is 4.79 Å². The Kier molecular flexibility index (Phi) is 5.43. The summed E-state index contributed by atoms with van der Waals surface area (Å²) in [5.74, 6) is -0.665. The molecule has 0 radical (unpaired) electrons. The predicted molar refractivity (Wildman–Crippen MR) is 92.3 cm³/mol. The Balaban J connectivity index is 2.53. The van der Waals surface area contributed by atoms with Gasteiger partial charge < -0.3 is 9.84 Å². The fraction of sp³-hybridized carbons (Fsp3) is 0.350. The Morgan fingerprint density at radius 3 is 2.17 bits per heavy atom. The first kappa shape index (κ1) is 17.1. The minimum Gasteiger partial charge on any atom is -0.496 e. The molecule has 0 fully saturated rings. The Hall–Kier alpha value is -2.29. The molecule has 0 spiro atoms. The van der Waals surface area contributed by atoms with Crippen LogP contribution in [0.3, 0.4) is 0 Å². The van der Waals surface area contributed by atoms with Crippen LogP contribution in [0.5, 0.6) is 5.75 Å². The molecular formula is C20H24O3. The lowest BCUT2D eigenvalue weighted by atomic mass is 9.81. The molecule has 2 rings (SSSR count). The molecule has 0 aliphatic heterocycles. The normalized spacial score (nSPS) is 13.6. The summed E-state index contributed by atoms with van der Waals surface area (Å²) < 4.78 is 5.43. The van der Waals surface area contributed by atoms with Gasteiger partial charge in [0, 0.05) is 5.56 Å². The van der Waals surface area contributed by atoms with Crippen molar-refractivity contribution in [3.05, 3.63) is 65.2 Å². The maximum atomic E-state index is 12.0. The van der Waals surface area contributed by atoms with Gasteiger partial charge in [-0.3, -0.25) is 4.79 Å². The molecule has 0 amide bonds. The monoisotopic (exact) mass is 312 g/mol. The Morgan fingerprint density at radius 2 is 1.65 bits per heavy atom. The molecule has 2 aromatic rings. The van der Waals surface area contributed by atoms with Crippen molar-refractivity contribution < 1.29 is 14.6 Å². The molecule has 2 atom stereocenters. The molecule has 0 saturated carbocycles. The van der Waals surface area contributed by atoms with E-state index in [1.54, 1.807) is 7.11 Å². The van der Waals surface area contributed by atoms with Gasteiger partial charge in [-0.15, -0.1) is 0 Å². The maximum Gasteiger partial charge on any atom is 0.311 e. The lowest BCUT2D eigenvalue weighted by molar-refractivity contribution is -0.139. The van der Waals surface area contributed by atoms with Crippen LogP contribution in [0.1, 0.15) is 55.2 Å². The number of carboxylic acids is 1. The van der Waals surface area contributed by atoms with Gasteiger partial charge in [-0.1, -0.05) is 63.2 Å². The molecule has 3 nitrogen and oxygen atoms in total. The first-order valence-electron chi connectivity index (χ1n) is 7.91. The molecular weight excluding hydrogens is 288 g/mol.